The van der Waals surface area contributed by atoms with E-state index in [1.54, 1.807) is 0 Å². The highest BCUT2D eigenvalue weighted by Gasteiger charge is 2.22. The maximum Gasteiger partial charge on any atom is 0.0380 e. The molecule has 0 aromatic rings. The van der Waals surface area contributed by atoms with Gasteiger partial charge in [0.05, 0.1) is 0 Å². The number of nitrogens with zero attached hydrogens (tertiary/aromatic N) is 1. The van der Waals surface area contributed by atoms with E-state index in [1.165, 1.54) is 11.5 Å². The minimum Gasteiger partial charge on any atom is -0.314 e. The van der Waals surface area contributed by atoms with Gasteiger partial charge >= 0.3 is 0 Å². The molecule has 0 amide bonds. The third-order valence-electron chi connectivity index (χ3n) is 2.14. The summed E-state index contributed by atoms with van der Waals surface area (Å²) in [6.07, 6.45) is 3.56. The molecule has 0 spiro atoms. The number of nitrogens with one attached hydrogen (secondary N) is 2. The van der Waals surface area contributed by atoms with Gasteiger partial charge in [0.25, 0.3) is 0 Å². The zero-order valence-corrected chi connectivity index (χ0v) is 7.01. The first-order valence-corrected chi connectivity index (χ1v) is 4.19. The molecule has 0 saturated heterocycles. The first-order chi connectivity index (χ1) is 5.34. The molecule has 1 rings (SSSR count). The Balaban J connectivity index is 1.96. The van der Waals surface area contributed by atoms with Crippen molar-refractivity contribution in [3.05, 3.63) is 0 Å². The number of hydrogen-bond acceptors (Lipinski definition) is 4. The molecule has 0 aliphatic heterocycles. The molecule has 1 aliphatic rings. The Bertz CT molecular complexity index is 106. The van der Waals surface area contributed by atoms with Crippen LogP contribution in [0.25, 0.3) is 0 Å². The predicted molar refractivity (Wildman–Crippen MR) is 43.2 cm³/mol. The van der Waals surface area contributed by atoms with E-state index in [0.29, 0.717) is 12.6 Å². The summed E-state index contributed by atoms with van der Waals surface area (Å²) in [5.74, 6) is 0. The molecule has 0 aromatic heterocycles. The molecule has 1 saturated carbocycles. The van der Waals surface area contributed by atoms with Crippen molar-refractivity contribution in [2.45, 2.75) is 25.3 Å². The van der Waals surface area contributed by atoms with Crippen molar-refractivity contribution in [3.63, 3.8) is 0 Å². The van der Waals surface area contributed by atoms with Crippen molar-refractivity contribution in [2.75, 3.05) is 20.1 Å². The summed E-state index contributed by atoms with van der Waals surface area (Å²) in [7, 11) is 1.82. The first kappa shape index (κ1) is 8.93. The van der Waals surface area contributed by atoms with Crippen LogP contribution in [0.2, 0.25) is 0 Å². The highest BCUT2D eigenvalue weighted by molar-refractivity contribution is 4.75. The topological polar surface area (TPSA) is 47.5 Å². The van der Waals surface area contributed by atoms with Crippen LogP contribution < -0.4 is 10.9 Å². The fraction of sp³-hybridized carbons (Fsp3) is 1.00. The third-order valence-corrected chi connectivity index (χ3v) is 2.14. The molecule has 0 bridgehead atoms. The van der Waals surface area contributed by atoms with E-state index < -0.39 is 0 Å². The van der Waals surface area contributed by atoms with Gasteiger partial charge in [0, 0.05) is 19.1 Å². The fourth-order valence-electron chi connectivity index (χ4n) is 1.16. The minimum atomic E-state index is 0.425. The Hall–Kier alpha value is -0.160. The molecule has 4 heteroatoms. The SMILES string of the molecule is CNNCCN(O)C1CCC1. The smallest absolute Gasteiger partial charge is 0.0380 e. The van der Waals surface area contributed by atoms with Gasteiger partial charge in [0.2, 0.25) is 0 Å². The summed E-state index contributed by atoms with van der Waals surface area (Å²) in [5.41, 5.74) is 5.74. The summed E-state index contributed by atoms with van der Waals surface area (Å²) in [6, 6.07) is 0.425. The van der Waals surface area contributed by atoms with Crippen molar-refractivity contribution in [1.29, 1.82) is 0 Å². The molecule has 66 valence electrons. The zero-order chi connectivity index (χ0) is 8.10. The molecule has 3 N–H and O–H groups in total. The van der Waals surface area contributed by atoms with E-state index in [0.717, 1.165) is 19.4 Å². The Labute approximate surface area is 67.5 Å². The standard InChI is InChI=1S/C7H17N3O/c1-8-9-5-6-10(11)7-3-2-4-7/h7-9,11H,2-6H2,1H3. The molecular weight excluding hydrogens is 142 g/mol. The number of hydroxylamine groups is 2. The van der Waals surface area contributed by atoms with Crippen LogP contribution in [0.3, 0.4) is 0 Å². The van der Waals surface area contributed by atoms with Gasteiger partial charge < -0.3 is 5.21 Å². The van der Waals surface area contributed by atoms with Gasteiger partial charge in [-0.25, -0.2) is 0 Å². The van der Waals surface area contributed by atoms with Gasteiger partial charge in [-0.05, 0) is 19.9 Å². The van der Waals surface area contributed by atoms with Crippen molar-refractivity contribution < 1.29 is 5.21 Å². The van der Waals surface area contributed by atoms with E-state index in [2.05, 4.69) is 10.9 Å². The Morgan fingerprint density at radius 1 is 1.55 bits per heavy atom. The molecule has 1 aliphatic carbocycles. The Kier molecular flexibility index (Phi) is 3.79. The monoisotopic (exact) mass is 159 g/mol. The van der Waals surface area contributed by atoms with E-state index in [-0.39, 0.29) is 0 Å². The molecule has 0 unspecified atom stereocenters. The van der Waals surface area contributed by atoms with Gasteiger partial charge in [0.1, 0.15) is 0 Å². The van der Waals surface area contributed by atoms with E-state index in [1.807, 2.05) is 7.05 Å². The molecule has 0 radical (unpaired) electrons. The average molecular weight is 159 g/mol. The molecule has 0 aromatic carbocycles. The predicted octanol–water partition coefficient (Wildman–Crippen LogP) is -0.0459. The van der Waals surface area contributed by atoms with Gasteiger partial charge in [-0.3, -0.25) is 10.9 Å². The van der Waals surface area contributed by atoms with Crippen molar-refractivity contribution >= 4 is 0 Å². The fourth-order valence-corrected chi connectivity index (χ4v) is 1.16. The van der Waals surface area contributed by atoms with Crippen molar-refractivity contribution in [3.8, 4) is 0 Å². The summed E-state index contributed by atoms with van der Waals surface area (Å²) >= 11 is 0. The van der Waals surface area contributed by atoms with Crippen molar-refractivity contribution in [1.82, 2.24) is 15.9 Å². The Morgan fingerprint density at radius 3 is 2.73 bits per heavy atom. The normalized spacial score (nSPS) is 18.8. The van der Waals surface area contributed by atoms with E-state index >= 15 is 0 Å². The largest absolute Gasteiger partial charge is 0.314 e. The lowest BCUT2D eigenvalue weighted by Crippen LogP contribution is -2.43. The lowest BCUT2D eigenvalue weighted by molar-refractivity contribution is -0.145. The maximum absolute atomic E-state index is 9.36. The zero-order valence-electron chi connectivity index (χ0n) is 7.01. The second kappa shape index (κ2) is 4.66. The number of hydrogen-bond donors (Lipinski definition) is 3. The number of hydrazine groups is 1. The first-order valence-electron chi connectivity index (χ1n) is 4.19. The van der Waals surface area contributed by atoms with Crippen LogP contribution in [0.1, 0.15) is 19.3 Å². The highest BCUT2D eigenvalue weighted by Crippen LogP contribution is 2.22. The van der Waals surface area contributed by atoms with Crippen LogP contribution in [0.15, 0.2) is 0 Å². The second-order valence-corrected chi connectivity index (χ2v) is 2.92. The number of rotatable bonds is 5. The van der Waals surface area contributed by atoms with Crippen LogP contribution in [0, 0.1) is 0 Å². The molecule has 4 nitrogen and oxygen atoms in total. The lowest BCUT2D eigenvalue weighted by Gasteiger charge is -2.32. The van der Waals surface area contributed by atoms with Gasteiger partial charge in [0.15, 0.2) is 0 Å². The van der Waals surface area contributed by atoms with Crippen LogP contribution in [-0.4, -0.2) is 36.4 Å². The molecule has 0 atom stereocenters. The summed E-state index contributed by atoms with van der Waals surface area (Å²) in [6.45, 7) is 1.48. The van der Waals surface area contributed by atoms with E-state index in [4.69, 9.17) is 0 Å². The molecule has 1 fully saturated rings. The molecular formula is C7H17N3O. The Morgan fingerprint density at radius 2 is 2.27 bits per heavy atom. The average Bonchev–Trinajstić information content (AvgIpc) is 1.84. The molecule has 0 heterocycles. The van der Waals surface area contributed by atoms with Crippen LogP contribution >= 0.6 is 0 Å². The molecule has 11 heavy (non-hydrogen) atoms. The lowest BCUT2D eigenvalue weighted by atomic mass is 9.93. The summed E-state index contributed by atoms with van der Waals surface area (Å²) in [5, 5.41) is 10.8. The summed E-state index contributed by atoms with van der Waals surface area (Å²) in [4.78, 5) is 0. The van der Waals surface area contributed by atoms with Gasteiger partial charge in [-0.15, -0.1) is 0 Å². The van der Waals surface area contributed by atoms with E-state index in [9.17, 15) is 5.21 Å². The quantitative estimate of drug-likeness (QED) is 0.389. The van der Waals surface area contributed by atoms with Crippen molar-refractivity contribution in [2.24, 2.45) is 0 Å². The van der Waals surface area contributed by atoms with Gasteiger partial charge in [-0.2, -0.15) is 5.06 Å². The highest BCUT2D eigenvalue weighted by atomic mass is 16.5. The van der Waals surface area contributed by atoms with Gasteiger partial charge in [-0.1, -0.05) is 6.42 Å². The van der Waals surface area contributed by atoms with Crippen LogP contribution in [-0.2, 0) is 0 Å². The second-order valence-electron chi connectivity index (χ2n) is 2.92. The third kappa shape index (κ3) is 2.75. The maximum atomic E-state index is 9.36. The van der Waals surface area contributed by atoms with Crippen LogP contribution in [0.4, 0.5) is 0 Å². The summed E-state index contributed by atoms with van der Waals surface area (Å²) < 4.78 is 0. The minimum absolute atomic E-state index is 0.425. The van der Waals surface area contributed by atoms with Crippen LogP contribution in [0.5, 0.6) is 0 Å².